The smallest absolute Gasteiger partial charge is 0.247 e. The van der Waals surface area contributed by atoms with Crippen LogP contribution in [0.1, 0.15) is 11.1 Å². The Morgan fingerprint density at radius 3 is 1.33 bits per heavy atom. The van der Waals surface area contributed by atoms with Crippen molar-refractivity contribution in [1.82, 2.24) is 9.13 Å². The fourth-order valence-electron chi connectivity index (χ4n) is 11.8. The molecule has 0 N–H and O–H groups in total. The third-order valence-electron chi connectivity index (χ3n) is 14.6. The number of rotatable bonds is 7. The number of para-hydroxylation sites is 3. The zero-order valence-electron chi connectivity index (χ0n) is 37.9. The Labute approximate surface area is 402 Å². The molecule has 2 aliphatic heterocycles. The molecule has 322 valence electrons. The van der Waals surface area contributed by atoms with E-state index in [1.165, 1.54) is 105 Å². The molecular formula is C65H44BN3. The van der Waals surface area contributed by atoms with Crippen molar-refractivity contribution in [2.75, 3.05) is 4.90 Å². The van der Waals surface area contributed by atoms with Crippen molar-refractivity contribution in [2.24, 2.45) is 0 Å². The maximum atomic E-state index is 2.52. The fraction of sp³-hybridized carbons (Fsp3) is 0.0154. The standard InChI is InChI=1S/C65H44BN3/c1-6-21-44(22-7-1)61-53-32-16-18-34-57(53)68(64(61)46-25-10-3-11-26-46)51-38-37-48-41-49-29-20-36-60-63(49)66(55(48)42-51)56-43-52(39-40-59(56)67(60)50-30-14-5-15-31-50)69-58-35-19-17-33-54(58)62(45-23-8-2-9-24-45)65(69)47-27-12-4-13-28-47/h1-40,42-43H,41H2. The van der Waals surface area contributed by atoms with Gasteiger partial charge in [-0.1, -0.05) is 200 Å². The molecule has 2 aromatic heterocycles. The van der Waals surface area contributed by atoms with Crippen molar-refractivity contribution in [3.8, 4) is 56.1 Å². The monoisotopic (exact) mass is 877 g/mol. The zero-order valence-corrected chi connectivity index (χ0v) is 37.9. The molecule has 10 aromatic carbocycles. The Morgan fingerprint density at radius 2 is 0.783 bits per heavy atom. The number of benzene rings is 10. The summed E-state index contributed by atoms with van der Waals surface area (Å²) in [4.78, 5) is 2.50. The van der Waals surface area contributed by atoms with Gasteiger partial charge in [0.15, 0.2) is 0 Å². The lowest BCUT2D eigenvalue weighted by Gasteiger charge is -2.41. The molecule has 0 atom stereocenters. The number of anilines is 3. The van der Waals surface area contributed by atoms with Crippen molar-refractivity contribution in [3.63, 3.8) is 0 Å². The predicted molar refractivity (Wildman–Crippen MR) is 290 cm³/mol. The highest BCUT2D eigenvalue weighted by Crippen LogP contribution is 2.46. The molecule has 4 heteroatoms. The number of hydrogen-bond donors (Lipinski definition) is 0. The first-order chi connectivity index (χ1) is 34.3. The Kier molecular flexibility index (Phi) is 9.06. The molecule has 0 amide bonds. The van der Waals surface area contributed by atoms with Crippen molar-refractivity contribution in [2.45, 2.75) is 6.42 Å². The summed E-state index contributed by atoms with van der Waals surface area (Å²) in [5.74, 6) is 0. The van der Waals surface area contributed by atoms with Gasteiger partial charge in [0.05, 0.1) is 22.4 Å². The molecule has 0 fully saturated rings. The third kappa shape index (κ3) is 6.15. The van der Waals surface area contributed by atoms with Crippen LogP contribution >= 0.6 is 0 Å². The van der Waals surface area contributed by atoms with Crippen LogP contribution in [0.15, 0.2) is 255 Å². The van der Waals surface area contributed by atoms with Crippen molar-refractivity contribution in [1.29, 1.82) is 0 Å². The molecule has 0 unspecified atom stereocenters. The van der Waals surface area contributed by atoms with Crippen LogP contribution in [0.2, 0.25) is 0 Å². The topological polar surface area (TPSA) is 13.1 Å². The molecule has 14 rings (SSSR count). The van der Waals surface area contributed by atoms with Crippen LogP contribution in [0.5, 0.6) is 0 Å². The summed E-state index contributed by atoms with van der Waals surface area (Å²) >= 11 is 0. The summed E-state index contributed by atoms with van der Waals surface area (Å²) in [5.41, 5.74) is 24.7. The Balaban J connectivity index is 1.05. The van der Waals surface area contributed by atoms with Crippen molar-refractivity contribution < 1.29 is 0 Å². The quantitative estimate of drug-likeness (QED) is 0.145. The van der Waals surface area contributed by atoms with Gasteiger partial charge >= 0.3 is 0 Å². The molecular weight excluding hydrogens is 834 g/mol. The van der Waals surface area contributed by atoms with E-state index in [9.17, 15) is 0 Å². The van der Waals surface area contributed by atoms with E-state index < -0.39 is 0 Å². The van der Waals surface area contributed by atoms with Gasteiger partial charge < -0.3 is 14.0 Å². The van der Waals surface area contributed by atoms with Gasteiger partial charge in [-0.05, 0) is 111 Å². The van der Waals surface area contributed by atoms with Gasteiger partial charge in [0.2, 0.25) is 6.71 Å². The van der Waals surface area contributed by atoms with Crippen LogP contribution in [-0.4, -0.2) is 15.8 Å². The zero-order chi connectivity index (χ0) is 45.4. The van der Waals surface area contributed by atoms with E-state index in [2.05, 4.69) is 269 Å². The molecule has 69 heavy (non-hydrogen) atoms. The highest BCUT2D eigenvalue weighted by molar-refractivity contribution is 6.99. The molecule has 0 aliphatic carbocycles. The van der Waals surface area contributed by atoms with Crippen LogP contribution in [0.4, 0.5) is 17.1 Å². The lowest BCUT2D eigenvalue weighted by Crippen LogP contribution is -2.61. The fourth-order valence-corrected chi connectivity index (χ4v) is 11.8. The summed E-state index contributed by atoms with van der Waals surface area (Å²) in [5, 5.41) is 2.47. The maximum absolute atomic E-state index is 2.52. The van der Waals surface area contributed by atoms with E-state index in [-0.39, 0.29) is 6.71 Å². The lowest BCUT2D eigenvalue weighted by atomic mass is 9.32. The predicted octanol–water partition coefficient (Wildman–Crippen LogP) is 14.4. The van der Waals surface area contributed by atoms with Gasteiger partial charge in [0, 0.05) is 50.3 Å². The average Bonchev–Trinajstić information content (AvgIpc) is 3.96. The number of fused-ring (bicyclic) bond motifs is 6. The molecule has 4 heterocycles. The Bertz CT molecular complexity index is 3910. The maximum Gasteiger partial charge on any atom is 0.247 e. The Hall–Kier alpha value is -8.86. The second kappa shape index (κ2) is 15.9. The van der Waals surface area contributed by atoms with Gasteiger partial charge in [-0.3, -0.25) is 0 Å². The van der Waals surface area contributed by atoms with Crippen LogP contribution in [0, 0.1) is 0 Å². The van der Waals surface area contributed by atoms with E-state index in [0.717, 1.165) is 23.5 Å². The van der Waals surface area contributed by atoms with Crippen molar-refractivity contribution in [3.05, 3.63) is 266 Å². The minimum atomic E-state index is -0.0268. The number of nitrogens with zero attached hydrogens (tertiary/aromatic N) is 3. The second-order valence-corrected chi connectivity index (χ2v) is 18.4. The average molecular weight is 878 g/mol. The minimum Gasteiger partial charge on any atom is -0.312 e. The van der Waals surface area contributed by atoms with Gasteiger partial charge in [0.25, 0.3) is 0 Å². The largest absolute Gasteiger partial charge is 0.312 e. The highest BCUT2D eigenvalue weighted by atomic mass is 15.2. The molecule has 2 aliphatic rings. The molecule has 0 saturated heterocycles. The van der Waals surface area contributed by atoms with E-state index >= 15 is 0 Å². The van der Waals surface area contributed by atoms with E-state index in [1.54, 1.807) is 0 Å². The SMILES string of the molecule is c1ccc(-c2c(-c3ccccc3)n(-c3ccc4c(c3)B3c5cc(-n6c(-c7ccccc7)c(-c7ccccc7)c7ccccc76)ccc5N(c5ccccc5)c5cccc(c53)C4)c3ccccc23)cc1. The van der Waals surface area contributed by atoms with Crippen LogP contribution in [0.25, 0.3) is 77.9 Å². The summed E-state index contributed by atoms with van der Waals surface area (Å²) < 4.78 is 5.04. The lowest BCUT2D eigenvalue weighted by molar-refractivity contribution is 1.12. The third-order valence-corrected chi connectivity index (χ3v) is 14.6. The molecule has 3 nitrogen and oxygen atoms in total. The van der Waals surface area contributed by atoms with E-state index in [4.69, 9.17) is 0 Å². The minimum absolute atomic E-state index is 0.0268. The highest BCUT2D eigenvalue weighted by Gasteiger charge is 2.41. The van der Waals surface area contributed by atoms with Crippen LogP contribution in [0.3, 0.4) is 0 Å². The summed E-state index contributed by atoms with van der Waals surface area (Å²) in [6.45, 7) is -0.0268. The first-order valence-electron chi connectivity index (χ1n) is 24.0. The second-order valence-electron chi connectivity index (χ2n) is 18.4. The van der Waals surface area contributed by atoms with E-state index in [0.29, 0.717) is 0 Å². The summed E-state index contributed by atoms with van der Waals surface area (Å²) in [6.07, 6.45) is 0.862. The molecule has 0 saturated carbocycles. The molecule has 0 radical (unpaired) electrons. The van der Waals surface area contributed by atoms with E-state index in [1.807, 2.05) is 0 Å². The van der Waals surface area contributed by atoms with Gasteiger partial charge in [-0.25, -0.2) is 0 Å². The normalized spacial score (nSPS) is 12.5. The van der Waals surface area contributed by atoms with Crippen LogP contribution < -0.4 is 21.3 Å². The number of aromatic nitrogens is 2. The molecule has 12 aromatic rings. The first kappa shape index (κ1) is 39.3. The summed E-state index contributed by atoms with van der Waals surface area (Å²) in [6, 6.07) is 94.0. The van der Waals surface area contributed by atoms with Gasteiger partial charge in [-0.15, -0.1) is 0 Å². The number of hydrogen-bond acceptors (Lipinski definition) is 1. The molecule has 0 spiro atoms. The first-order valence-corrected chi connectivity index (χ1v) is 24.0. The van der Waals surface area contributed by atoms with Gasteiger partial charge in [0.1, 0.15) is 0 Å². The summed E-state index contributed by atoms with van der Waals surface area (Å²) in [7, 11) is 0. The van der Waals surface area contributed by atoms with Crippen molar-refractivity contribution >= 4 is 62.0 Å². The van der Waals surface area contributed by atoms with Gasteiger partial charge in [-0.2, -0.15) is 0 Å². The van der Waals surface area contributed by atoms with Crippen LogP contribution in [-0.2, 0) is 6.42 Å². The molecule has 0 bridgehead atoms. The Morgan fingerprint density at radius 1 is 0.319 bits per heavy atom.